The summed E-state index contributed by atoms with van der Waals surface area (Å²) in [7, 11) is 0. The van der Waals surface area contributed by atoms with E-state index in [0.717, 1.165) is 29.7 Å². The van der Waals surface area contributed by atoms with Gasteiger partial charge in [-0.25, -0.2) is 18.7 Å². The number of nitriles is 1. The van der Waals surface area contributed by atoms with E-state index in [2.05, 4.69) is 15.3 Å². The number of halogens is 5. The van der Waals surface area contributed by atoms with Crippen molar-refractivity contribution in [3.05, 3.63) is 47.3 Å². The second-order valence-electron chi connectivity index (χ2n) is 9.97. The minimum absolute atomic E-state index is 0.00582. The molecule has 13 heteroatoms. The molecule has 1 amide bonds. The third-order valence-electron chi connectivity index (χ3n) is 7.13. The van der Waals surface area contributed by atoms with Crippen LogP contribution >= 0.6 is 0 Å². The number of hydrogen-bond donors (Lipinski definition) is 2. The Morgan fingerprint density at radius 2 is 1.82 bits per heavy atom. The molecule has 8 nitrogen and oxygen atoms in total. The molecule has 2 saturated heterocycles. The maximum absolute atomic E-state index is 14.5. The molecule has 2 aliphatic heterocycles. The van der Waals surface area contributed by atoms with E-state index in [4.69, 9.17) is 11.0 Å². The molecule has 0 radical (unpaired) electrons. The van der Waals surface area contributed by atoms with E-state index in [1.165, 1.54) is 6.07 Å². The number of nitrogens with one attached hydrogen (secondary N) is 1. The SMILES string of the molecule is N#Cc1ccc(CCNC(=O)C2CC(F)(F)CN2c2cc(N3CCC(CCN)CC3)nc(C(F)(F)F)n2)cc1. The predicted molar refractivity (Wildman–Crippen MR) is 134 cm³/mol. The maximum Gasteiger partial charge on any atom is 0.451 e. The van der Waals surface area contributed by atoms with Crippen molar-refractivity contribution in [3.8, 4) is 6.07 Å². The molecule has 2 fully saturated rings. The van der Waals surface area contributed by atoms with Crippen molar-refractivity contribution < 1.29 is 26.7 Å². The lowest BCUT2D eigenvalue weighted by atomic mass is 9.94. The Morgan fingerprint density at radius 1 is 1.15 bits per heavy atom. The summed E-state index contributed by atoms with van der Waals surface area (Å²) in [6.07, 6.45) is -3.09. The average Bonchev–Trinajstić information content (AvgIpc) is 3.24. The van der Waals surface area contributed by atoms with Crippen LogP contribution in [0.15, 0.2) is 30.3 Å². The number of piperidine rings is 1. The van der Waals surface area contributed by atoms with Crippen LogP contribution in [0, 0.1) is 17.2 Å². The largest absolute Gasteiger partial charge is 0.451 e. The first-order valence-electron chi connectivity index (χ1n) is 12.8. The zero-order valence-corrected chi connectivity index (χ0v) is 21.2. The molecule has 2 aliphatic rings. The van der Waals surface area contributed by atoms with Gasteiger partial charge < -0.3 is 20.9 Å². The number of aromatic nitrogens is 2. The molecular formula is C26H30F5N7O. The highest BCUT2D eigenvalue weighted by Gasteiger charge is 2.49. The molecule has 4 rings (SSSR count). The fourth-order valence-electron chi connectivity index (χ4n) is 5.03. The van der Waals surface area contributed by atoms with Crippen molar-refractivity contribution in [1.82, 2.24) is 15.3 Å². The van der Waals surface area contributed by atoms with Crippen LogP contribution in [-0.2, 0) is 17.4 Å². The second-order valence-corrected chi connectivity index (χ2v) is 9.97. The monoisotopic (exact) mass is 551 g/mol. The van der Waals surface area contributed by atoms with E-state index < -0.39 is 42.8 Å². The van der Waals surface area contributed by atoms with Gasteiger partial charge in [-0.05, 0) is 55.8 Å². The molecule has 0 aliphatic carbocycles. The van der Waals surface area contributed by atoms with Gasteiger partial charge in [0.05, 0.1) is 18.2 Å². The first-order valence-corrected chi connectivity index (χ1v) is 12.8. The molecule has 3 N–H and O–H groups in total. The Balaban J connectivity index is 1.53. The third kappa shape index (κ3) is 7.11. The van der Waals surface area contributed by atoms with Gasteiger partial charge in [-0.1, -0.05) is 12.1 Å². The number of alkyl halides is 5. The number of nitrogens with zero attached hydrogens (tertiary/aromatic N) is 5. The number of benzene rings is 1. The number of hydrogen-bond acceptors (Lipinski definition) is 7. The van der Waals surface area contributed by atoms with Crippen LogP contribution in [0.2, 0.25) is 0 Å². The first kappa shape index (κ1) is 28.5. The van der Waals surface area contributed by atoms with Crippen LogP contribution in [-0.4, -0.2) is 60.6 Å². The third-order valence-corrected chi connectivity index (χ3v) is 7.13. The quantitative estimate of drug-likeness (QED) is 0.483. The lowest BCUT2D eigenvalue weighted by Crippen LogP contribution is -2.44. The van der Waals surface area contributed by atoms with Crippen molar-refractivity contribution in [3.63, 3.8) is 0 Å². The molecule has 3 heterocycles. The van der Waals surface area contributed by atoms with Gasteiger partial charge in [0.1, 0.15) is 17.7 Å². The Morgan fingerprint density at radius 3 is 2.44 bits per heavy atom. The number of rotatable bonds is 8. The van der Waals surface area contributed by atoms with Gasteiger partial charge in [0.2, 0.25) is 11.7 Å². The molecule has 210 valence electrons. The highest BCUT2D eigenvalue weighted by atomic mass is 19.4. The molecule has 0 bridgehead atoms. The second kappa shape index (κ2) is 11.7. The van der Waals surface area contributed by atoms with Gasteiger partial charge in [-0.2, -0.15) is 18.4 Å². The van der Waals surface area contributed by atoms with E-state index in [1.807, 2.05) is 6.07 Å². The molecule has 1 unspecified atom stereocenters. The van der Waals surface area contributed by atoms with Crippen LogP contribution in [0.5, 0.6) is 0 Å². The smallest absolute Gasteiger partial charge is 0.356 e. The molecule has 1 aromatic heterocycles. The summed E-state index contributed by atoms with van der Waals surface area (Å²) in [5, 5.41) is 11.5. The number of anilines is 2. The van der Waals surface area contributed by atoms with E-state index >= 15 is 0 Å². The molecule has 0 spiro atoms. The van der Waals surface area contributed by atoms with E-state index in [9.17, 15) is 26.7 Å². The van der Waals surface area contributed by atoms with E-state index in [-0.39, 0.29) is 18.2 Å². The lowest BCUT2D eigenvalue weighted by molar-refractivity contribution is -0.144. The fraction of sp³-hybridized carbons (Fsp3) is 0.538. The van der Waals surface area contributed by atoms with Crippen LogP contribution in [0.4, 0.5) is 33.6 Å². The van der Waals surface area contributed by atoms with Crippen LogP contribution in [0.25, 0.3) is 0 Å². The standard InChI is InChI=1S/C26H30F5N7O/c27-25(28)14-20(23(39)34-10-6-17-1-3-19(15-33)4-2-17)38(16-25)22-13-21(35-24(36-22)26(29,30)31)37-11-7-18(5-9-32)8-12-37/h1-4,13,18,20H,5-12,14,16,32H2,(H,34,39). The number of amides is 1. The molecular weight excluding hydrogens is 521 g/mol. The first-order chi connectivity index (χ1) is 18.5. The fourth-order valence-corrected chi connectivity index (χ4v) is 5.03. The molecule has 1 atom stereocenters. The highest BCUT2D eigenvalue weighted by molar-refractivity contribution is 5.86. The summed E-state index contributed by atoms with van der Waals surface area (Å²) in [4.78, 5) is 22.9. The minimum Gasteiger partial charge on any atom is -0.356 e. The number of carbonyl (C=O) groups is 1. The molecule has 39 heavy (non-hydrogen) atoms. The minimum atomic E-state index is -4.90. The molecule has 0 saturated carbocycles. The van der Waals surface area contributed by atoms with Gasteiger partial charge in [-0.15, -0.1) is 0 Å². The van der Waals surface area contributed by atoms with Gasteiger partial charge >= 0.3 is 6.18 Å². The van der Waals surface area contributed by atoms with E-state index in [0.29, 0.717) is 37.5 Å². The zero-order valence-electron chi connectivity index (χ0n) is 21.2. The van der Waals surface area contributed by atoms with Crippen molar-refractivity contribution in [2.45, 2.75) is 50.2 Å². The van der Waals surface area contributed by atoms with Crippen LogP contribution in [0.1, 0.15) is 42.6 Å². The van der Waals surface area contributed by atoms with Crippen LogP contribution in [0.3, 0.4) is 0 Å². The molecule has 2 aromatic rings. The van der Waals surface area contributed by atoms with E-state index in [1.54, 1.807) is 29.2 Å². The Hall–Kier alpha value is -3.53. The summed E-state index contributed by atoms with van der Waals surface area (Å²) in [6, 6.07) is 8.56. The van der Waals surface area contributed by atoms with Gasteiger partial charge in [0, 0.05) is 32.1 Å². The molecule has 1 aromatic carbocycles. The Bertz CT molecular complexity index is 1190. The maximum atomic E-state index is 14.5. The normalized spacial score (nSPS) is 19.7. The summed E-state index contributed by atoms with van der Waals surface area (Å²) in [5.41, 5.74) is 6.93. The predicted octanol–water partition coefficient (Wildman–Crippen LogP) is 3.51. The lowest BCUT2D eigenvalue weighted by Gasteiger charge is -2.33. The van der Waals surface area contributed by atoms with Gasteiger partial charge in [0.15, 0.2) is 0 Å². The van der Waals surface area contributed by atoms with Gasteiger partial charge in [-0.3, -0.25) is 4.79 Å². The summed E-state index contributed by atoms with van der Waals surface area (Å²) in [6.45, 7) is 0.622. The summed E-state index contributed by atoms with van der Waals surface area (Å²) < 4.78 is 70.2. The summed E-state index contributed by atoms with van der Waals surface area (Å²) >= 11 is 0. The van der Waals surface area contributed by atoms with Crippen molar-refractivity contribution in [2.75, 3.05) is 42.5 Å². The van der Waals surface area contributed by atoms with Crippen molar-refractivity contribution >= 4 is 17.5 Å². The van der Waals surface area contributed by atoms with Crippen molar-refractivity contribution in [1.29, 1.82) is 5.26 Å². The highest BCUT2D eigenvalue weighted by Crippen LogP contribution is 2.38. The van der Waals surface area contributed by atoms with Gasteiger partial charge in [0.25, 0.3) is 5.92 Å². The number of nitrogens with two attached hydrogens (primary N) is 1. The number of carbonyl (C=O) groups excluding carboxylic acids is 1. The zero-order chi connectivity index (χ0) is 28.2. The van der Waals surface area contributed by atoms with Crippen molar-refractivity contribution in [2.24, 2.45) is 11.7 Å². The topological polar surface area (TPSA) is 111 Å². The summed E-state index contributed by atoms with van der Waals surface area (Å²) in [5.74, 6) is -5.45. The average molecular weight is 552 g/mol. The Labute approximate surface area is 223 Å². The Kier molecular flexibility index (Phi) is 8.54. The van der Waals surface area contributed by atoms with Crippen LogP contribution < -0.4 is 20.9 Å².